The van der Waals surface area contributed by atoms with Crippen molar-refractivity contribution < 1.29 is 25.2 Å². The van der Waals surface area contributed by atoms with Crippen LogP contribution in [0, 0.1) is 0 Å². The van der Waals surface area contributed by atoms with Gasteiger partial charge in [-0.3, -0.25) is 4.79 Å². The molecule has 0 saturated heterocycles. The second-order valence-corrected chi connectivity index (χ2v) is 15.4. The predicted octanol–water partition coefficient (Wildman–Crippen LogP) is 12.1. The Kier molecular flexibility index (Phi) is 40.6. The summed E-state index contributed by atoms with van der Waals surface area (Å²) in [7, 11) is 0. The lowest BCUT2D eigenvalue weighted by Crippen LogP contribution is -2.53. The Labute approximate surface area is 333 Å². The summed E-state index contributed by atoms with van der Waals surface area (Å²) < 4.78 is 0. The molecule has 0 fully saturated rings. The van der Waals surface area contributed by atoms with Gasteiger partial charge in [0.2, 0.25) is 5.91 Å². The second-order valence-electron chi connectivity index (χ2n) is 15.4. The largest absolute Gasteiger partial charge is 0.394 e. The molecule has 0 aliphatic carbocycles. The van der Waals surface area contributed by atoms with Crippen molar-refractivity contribution in [3.8, 4) is 0 Å². The lowest BCUT2D eigenvalue weighted by atomic mass is 10.00. The summed E-state index contributed by atoms with van der Waals surface area (Å²) in [5.74, 6) is -0.614. The Balaban J connectivity index is 3.84. The number of nitrogens with one attached hydrogen (secondary N) is 1. The number of unbranched alkanes of at least 4 members (excludes halogenated alkanes) is 22. The van der Waals surface area contributed by atoms with Crippen LogP contribution in [0.1, 0.15) is 206 Å². The predicted molar refractivity (Wildman–Crippen MR) is 233 cm³/mol. The van der Waals surface area contributed by atoms with E-state index >= 15 is 0 Å². The van der Waals surface area contributed by atoms with E-state index in [-0.39, 0.29) is 0 Å². The Morgan fingerprint density at radius 1 is 0.463 bits per heavy atom. The van der Waals surface area contributed by atoms with Crippen LogP contribution in [0.4, 0.5) is 0 Å². The first-order valence-electron chi connectivity index (χ1n) is 22.7. The zero-order valence-electron chi connectivity index (χ0n) is 35.2. The van der Waals surface area contributed by atoms with Crippen LogP contribution >= 0.6 is 0 Å². The molecule has 6 nitrogen and oxygen atoms in total. The second kappa shape index (κ2) is 42.2. The molecule has 0 aliphatic heterocycles. The molecule has 0 aromatic carbocycles. The highest BCUT2D eigenvalue weighted by atomic mass is 16.3. The molecule has 0 saturated carbocycles. The standard InChI is InChI=1S/C48H87NO5/c1-3-5-7-9-11-13-15-17-19-20-21-22-23-24-25-26-27-28-30-31-33-35-37-39-41-45(51)47(53)44(43-50)49-48(54)46(52)42-40-38-36-34-32-29-18-16-14-12-10-8-6-4-2/h12,14,16,18,23-24,27-28,33,35,44-47,50-53H,3-11,13,15,17,19-22,25-26,29-32,34,36-43H2,1-2H3,(H,49,54)/b14-12-,18-16-,24-23+,28-27+,35-33+. The average Bonchev–Trinajstić information content (AvgIpc) is 3.18. The molecule has 4 atom stereocenters. The zero-order valence-corrected chi connectivity index (χ0v) is 35.2. The number of rotatable bonds is 40. The summed E-state index contributed by atoms with van der Waals surface area (Å²) in [5.41, 5.74) is 0. The molecule has 0 aromatic rings. The summed E-state index contributed by atoms with van der Waals surface area (Å²) in [4.78, 5) is 12.5. The first-order chi connectivity index (χ1) is 26.5. The normalized spacial score (nSPS) is 14.7. The van der Waals surface area contributed by atoms with Crippen LogP contribution in [-0.2, 0) is 4.79 Å². The van der Waals surface area contributed by atoms with E-state index in [1.807, 2.05) is 0 Å². The summed E-state index contributed by atoms with van der Waals surface area (Å²) in [6.45, 7) is 3.99. The van der Waals surface area contributed by atoms with Gasteiger partial charge in [-0.05, 0) is 89.9 Å². The number of amides is 1. The molecular formula is C48H87NO5. The fourth-order valence-corrected chi connectivity index (χ4v) is 6.54. The first kappa shape index (κ1) is 52.0. The maximum atomic E-state index is 12.5. The van der Waals surface area contributed by atoms with E-state index in [0.29, 0.717) is 19.3 Å². The third kappa shape index (κ3) is 35.7. The molecule has 5 N–H and O–H groups in total. The van der Waals surface area contributed by atoms with Crippen molar-refractivity contribution in [1.82, 2.24) is 5.32 Å². The first-order valence-corrected chi connectivity index (χ1v) is 22.7. The highest BCUT2D eigenvalue weighted by Crippen LogP contribution is 2.14. The summed E-state index contributed by atoms with van der Waals surface area (Å²) in [6, 6.07) is -1.02. The lowest BCUT2D eigenvalue weighted by molar-refractivity contribution is -0.132. The van der Waals surface area contributed by atoms with Gasteiger partial charge < -0.3 is 25.7 Å². The van der Waals surface area contributed by atoms with Crippen molar-refractivity contribution in [2.75, 3.05) is 6.61 Å². The van der Waals surface area contributed by atoms with Crippen LogP contribution < -0.4 is 5.32 Å². The molecule has 1 amide bonds. The van der Waals surface area contributed by atoms with Crippen LogP contribution in [0.3, 0.4) is 0 Å². The number of hydrogen-bond acceptors (Lipinski definition) is 5. The summed E-state index contributed by atoms with van der Waals surface area (Å²) in [6.07, 6.45) is 52.6. The number of hydrogen-bond donors (Lipinski definition) is 5. The van der Waals surface area contributed by atoms with E-state index in [4.69, 9.17) is 0 Å². The van der Waals surface area contributed by atoms with Crippen LogP contribution in [-0.4, -0.2) is 57.3 Å². The van der Waals surface area contributed by atoms with E-state index in [9.17, 15) is 25.2 Å². The topological polar surface area (TPSA) is 110 Å². The molecular weight excluding hydrogens is 671 g/mol. The molecule has 0 spiro atoms. The Morgan fingerprint density at radius 2 is 0.833 bits per heavy atom. The van der Waals surface area contributed by atoms with E-state index in [0.717, 1.165) is 77.0 Å². The molecule has 0 aromatic heterocycles. The van der Waals surface area contributed by atoms with E-state index in [1.54, 1.807) is 0 Å². The molecule has 0 aliphatic rings. The smallest absolute Gasteiger partial charge is 0.249 e. The molecule has 314 valence electrons. The summed E-state index contributed by atoms with van der Waals surface area (Å²) >= 11 is 0. The number of aliphatic hydroxyl groups excluding tert-OH is 4. The Bertz CT molecular complexity index is 941. The fraction of sp³-hybridized carbons (Fsp3) is 0.771. The lowest BCUT2D eigenvalue weighted by Gasteiger charge is -2.27. The van der Waals surface area contributed by atoms with E-state index in [2.05, 4.69) is 79.9 Å². The SMILES string of the molecule is CCCCC/C=C\C=C/CCCCCCCC(O)C(=O)NC(CO)C(O)C(O)CCC/C=C/CC/C=C/CC/C=C/CCCCCCCCCCCCC. The average molecular weight is 758 g/mol. The van der Waals surface area contributed by atoms with Gasteiger partial charge >= 0.3 is 0 Å². The Hall–Kier alpha value is -1.99. The monoisotopic (exact) mass is 758 g/mol. The van der Waals surface area contributed by atoms with Gasteiger partial charge in [0.15, 0.2) is 0 Å². The zero-order chi connectivity index (χ0) is 39.6. The van der Waals surface area contributed by atoms with Crippen molar-refractivity contribution in [3.63, 3.8) is 0 Å². The molecule has 0 rings (SSSR count). The number of aliphatic hydroxyl groups is 4. The van der Waals surface area contributed by atoms with Gasteiger partial charge in [-0.25, -0.2) is 0 Å². The van der Waals surface area contributed by atoms with Gasteiger partial charge in [0.05, 0.1) is 18.8 Å². The molecule has 6 heteroatoms. The van der Waals surface area contributed by atoms with Crippen molar-refractivity contribution >= 4 is 5.91 Å². The van der Waals surface area contributed by atoms with Crippen molar-refractivity contribution in [3.05, 3.63) is 60.8 Å². The van der Waals surface area contributed by atoms with Crippen LogP contribution in [0.15, 0.2) is 60.8 Å². The third-order valence-electron chi connectivity index (χ3n) is 10.2. The minimum atomic E-state index is -1.30. The van der Waals surface area contributed by atoms with Gasteiger partial charge in [0.1, 0.15) is 12.2 Å². The van der Waals surface area contributed by atoms with Gasteiger partial charge in [0.25, 0.3) is 0 Å². The highest BCUT2D eigenvalue weighted by molar-refractivity contribution is 5.80. The van der Waals surface area contributed by atoms with Crippen molar-refractivity contribution in [2.24, 2.45) is 0 Å². The maximum absolute atomic E-state index is 12.5. The molecule has 0 heterocycles. The molecule has 0 bridgehead atoms. The molecule has 4 unspecified atom stereocenters. The van der Waals surface area contributed by atoms with Crippen molar-refractivity contribution in [1.29, 1.82) is 0 Å². The quantitative estimate of drug-likeness (QED) is 0.0243. The van der Waals surface area contributed by atoms with Gasteiger partial charge in [-0.2, -0.15) is 0 Å². The van der Waals surface area contributed by atoms with Crippen LogP contribution in [0.25, 0.3) is 0 Å². The van der Waals surface area contributed by atoms with E-state index in [1.165, 1.54) is 96.3 Å². The molecule has 54 heavy (non-hydrogen) atoms. The minimum absolute atomic E-state index is 0.338. The number of carbonyl (C=O) groups is 1. The van der Waals surface area contributed by atoms with Crippen LogP contribution in [0.2, 0.25) is 0 Å². The van der Waals surface area contributed by atoms with Crippen molar-refractivity contribution in [2.45, 2.75) is 231 Å². The van der Waals surface area contributed by atoms with E-state index < -0.39 is 36.9 Å². The van der Waals surface area contributed by atoms with Gasteiger partial charge in [0, 0.05) is 0 Å². The minimum Gasteiger partial charge on any atom is -0.394 e. The van der Waals surface area contributed by atoms with Gasteiger partial charge in [-0.15, -0.1) is 0 Å². The third-order valence-corrected chi connectivity index (χ3v) is 10.2. The van der Waals surface area contributed by atoms with Crippen LogP contribution in [0.5, 0.6) is 0 Å². The molecule has 0 radical (unpaired) electrons. The fourth-order valence-electron chi connectivity index (χ4n) is 6.54. The highest BCUT2D eigenvalue weighted by Gasteiger charge is 2.28. The number of carbonyl (C=O) groups excluding carboxylic acids is 1. The number of allylic oxidation sites excluding steroid dienone is 10. The summed E-state index contributed by atoms with van der Waals surface area (Å²) in [5, 5.41) is 43.6. The maximum Gasteiger partial charge on any atom is 0.249 e. The van der Waals surface area contributed by atoms with Gasteiger partial charge in [-0.1, -0.05) is 177 Å². The Morgan fingerprint density at radius 3 is 1.31 bits per heavy atom.